The molecule has 0 saturated carbocycles. The van der Waals surface area contributed by atoms with E-state index in [1.54, 1.807) is 25.4 Å². The lowest BCUT2D eigenvalue weighted by Gasteiger charge is -2.09. The van der Waals surface area contributed by atoms with E-state index >= 15 is 0 Å². The molecule has 2 aromatic rings. The Labute approximate surface area is 100 Å². The molecule has 0 atom stereocenters. The van der Waals surface area contributed by atoms with Gasteiger partial charge in [-0.05, 0) is 12.1 Å². The van der Waals surface area contributed by atoms with Crippen molar-refractivity contribution in [3.63, 3.8) is 0 Å². The van der Waals surface area contributed by atoms with Crippen molar-refractivity contribution < 1.29 is 4.74 Å². The SMILES string of the molecule is COc1ccccc1CNc1cc(N)ccn1. The summed E-state index contributed by atoms with van der Waals surface area (Å²) in [6.45, 7) is 0.653. The van der Waals surface area contributed by atoms with Gasteiger partial charge in [0.15, 0.2) is 0 Å². The van der Waals surface area contributed by atoms with Gasteiger partial charge in [-0.15, -0.1) is 0 Å². The van der Waals surface area contributed by atoms with E-state index in [4.69, 9.17) is 10.5 Å². The Kier molecular flexibility index (Phi) is 3.45. The number of nitrogens with zero attached hydrogens (tertiary/aromatic N) is 1. The van der Waals surface area contributed by atoms with Gasteiger partial charge in [-0.2, -0.15) is 0 Å². The van der Waals surface area contributed by atoms with Gasteiger partial charge in [0.25, 0.3) is 0 Å². The Morgan fingerprint density at radius 1 is 1.29 bits per heavy atom. The summed E-state index contributed by atoms with van der Waals surface area (Å²) < 4.78 is 5.27. The number of rotatable bonds is 4. The van der Waals surface area contributed by atoms with Crippen molar-refractivity contribution in [1.82, 2.24) is 4.98 Å². The third-order valence-electron chi connectivity index (χ3n) is 2.44. The lowest BCUT2D eigenvalue weighted by molar-refractivity contribution is 0.410. The van der Waals surface area contributed by atoms with Crippen molar-refractivity contribution in [2.24, 2.45) is 0 Å². The maximum absolute atomic E-state index is 5.68. The van der Waals surface area contributed by atoms with Crippen molar-refractivity contribution in [3.05, 3.63) is 48.2 Å². The molecule has 17 heavy (non-hydrogen) atoms. The minimum Gasteiger partial charge on any atom is -0.496 e. The third kappa shape index (κ3) is 2.87. The topological polar surface area (TPSA) is 60.2 Å². The average Bonchev–Trinajstić information content (AvgIpc) is 2.37. The fourth-order valence-electron chi connectivity index (χ4n) is 1.58. The van der Waals surface area contributed by atoms with E-state index in [9.17, 15) is 0 Å². The number of hydrogen-bond donors (Lipinski definition) is 2. The molecule has 4 heteroatoms. The van der Waals surface area contributed by atoms with Crippen molar-refractivity contribution in [3.8, 4) is 5.75 Å². The van der Waals surface area contributed by atoms with E-state index in [1.807, 2.05) is 24.3 Å². The van der Waals surface area contributed by atoms with Crippen molar-refractivity contribution in [2.75, 3.05) is 18.2 Å². The first-order valence-electron chi connectivity index (χ1n) is 5.37. The van der Waals surface area contributed by atoms with Crippen molar-refractivity contribution in [2.45, 2.75) is 6.54 Å². The zero-order valence-corrected chi connectivity index (χ0v) is 9.68. The highest BCUT2D eigenvalue weighted by Crippen LogP contribution is 2.18. The maximum Gasteiger partial charge on any atom is 0.128 e. The molecule has 88 valence electrons. The summed E-state index contributed by atoms with van der Waals surface area (Å²) >= 11 is 0. The van der Waals surface area contributed by atoms with E-state index in [2.05, 4.69) is 10.3 Å². The van der Waals surface area contributed by atoms with Gasteiger partial charge in [-0.1, -0.05) is 18.2 Å². The van der Waals surface area contributed by atoms with E-state index in [0.29, 0.717) is 12.2 Å². The summed E-state index contributed by atoms with van der Waals surface area (Å²) in [5, 5.41) is 3.21. The molecule has 1 heterocycles. The number of para-hydroxylation sites is 1. The zero-order chi connectivity index (χ0) is 12.1. The molecule has 0 fully saturated rings. The lowest BCUT2D eigenvalue weighted by atomic mass is 10.2. The minimum absolute atomic E-state index is 0.653. The fourth-order valence-corrected chi connectivity index (χ4v) is 1.58. The normalized spacial score (nSPS) is 9.94. The third-order valence-corrected chi connectivity index (χ3v) is 2.44. The molecule has 0 aliphatic rings. The number of methoxy groups -OCH3 is 1. The predicted octanol–water partition coefficient (Wildman–Crippen LogP) is 2.28. The molecule has 0 saturated heterocycles. The summed E-state index contributed by atoms with van der Waals surface area (Å²) in [5.74, 6) is 1.62. The van der Waals surface area contributed by atoms with Crippen molar-refractivity contribution in [1.29, 1.82) is 0 Å². The molecule has 0 aliphatic carbocycles. The number of nitrogen functional groups attached to an aromatic ring is 1. The minimum atomic E-state index is 0.653. The maximum atomic E-state index is 5.68. The van der Waals surface area contributed by atoms with Gasteiger partial charge < -0.3 is 15.8 Å². The van der Waals surface area contributed by atoms with Gasteiger partial charge in [0.1, 0.15) is 11.6 Å². The zero-order valence-electron chi connectivity index (χ0n) is 9.68. The van der Waals surface area contributed by atoms with Crippen LogP contribution in [0.3, 0.4) is 0 Å². The summed E-state index contributed by atoms with van der Waals surface area (Å²) in [5.41, 5.74) is 7.46. The molecular weight excluding hydrogens is 214 g/mol. The standard InChI is InChI=1S/C13H15N3O/c1-17-12-5-3-2-4-10(12)9-16-13-8-11(14)6-7-15-13/h2-8H,9H2,1H3,(H3,14,15,16). The van der Waals surface area contributed by atoms with Crippen LogP contribution in [0.4, 0.5) is 11.5 Å². The summed E-state index contributed by atoms with van der Waals surface area (Å²) in [6, 6.07) is 11.4. The number of anilines is 2. The molecule has 1 aromatic heterocycles. The molecule has 0 bridgehead atoms. The highest BCUT2D eigenvalue weighted by molar-refractivity contribution is 5.49. The molecule has 4 nitrogen and oxygen atoms in total. The second-order valence-corrected chi connectivity index (χ2v) is 3.64. The van der Waals surface area contributed by atoms with Gasteiger partial charge in [-0.3, -0.25) is 0 Å². The Balaban J connectivity index is 2.07. The van der Waals surface area contributed by atoms with Crippen LogP contribution in [0, 0.1) is 0 Å². The number of nitrogens with two attached hydrogens (primary N) is 1. The molecule has 0 radical (unpaired) electrons. The summed E-state index contributed by atoms with van der Waals surface area (Å²) in [4.78, 5) is 4.18. The average molecular weight is 229 g/mol. The van der Waals surface area contributed by atoms with Crippen LogP contribution in [0.15, 0.2) is 42.6 Å². The van der Waals surface area contributed by atoms with E-state index in [-0.39, 0.29) is 0 Å². The molecule has 3 N–H and O–H groups in total. The molecular formula is C13H15N3O. The van der Waals surface area contributed by atoms with Crippen LogP contribution in [0.5, 0.6) is 5.75 Å². The highest BCUT2D eigenvalue weighted by atomic mass is 16.5. The second-order valence-electron chi connectivity index (χ2n) is 3.64. The first-order valence-corrected chi connectivity index (χ1v) is 5.37. The first kappa shape index (κ1) is 11.3. The van der Waals surface area contributed by atoms with E-state index < -0.39 is 0 Å². The molecule has 2 rings (SSSR count). The predicted molar refractivity (Wildman–Crippen MR) is 69.0 cm³/mol. The van der Waals surface area contributed by atoms with Crippen LogP contribution in [0.2, 0.25) is 0 Å². The highest BCUT2D eigenvalue weighted by Gasteiger charge is 2.01. The number of ether oxygens (including phenoxy) is 1. The molecule has 0 unspecified atom stereocenters. The summed E-state index contributed by atoms with van der Waals surface area (Å²) in [6.07, 6.45) is 1.68. The van der Waals surface area contributed by atoms with Gasteiger partial charge in [0.2, 0.25) is 0 Å². The Morgan fingerprint density at radius 2 is 2.12 bits per heavy atom. The number of aromatic nitrogens is 1. The van der Waals surface area contributed by atoms with Gasteiger partial charge in [0, 0.05) is 30.1 Å². The van der Waals surface area contributed by atoms with Crippen molar-refractivity contribution >= 4 is 11.5 Å². The van der Waals surface area contributed by atoms with E-state index in [0.717, 1.165) is 17.1 Å². The molecule has 0 spiro atoms. The Hall–Kier alpha value is -2.23. The van der Waals surface area contributed by atoms with Crippen LogP contribution < -0.4 is 15.8 Å². The van der Waals surface area contributed by atoms with Gasteiger partial charge in [0.05, 0.1) is 7.11 Å². The Morgan fingerprint density at radius 3 is 2.88 bits per heavy atom. The largest absolute Gasteiger partial charge is 0.496 e. The smallest absolute Gasteiger partial charge is 0.128 e. The molecule has 0 aliphatic heterocycles. The van der Waals surface area contributed by atoms with Crippen LogP contribution in [0.1, 0.15) is 5.56 Å². The van der Waals surface area contributed by atoms with Crippen LogP contribution >= 0.6 is 0 Å². The number of hydrogen-bond acceptors (Lipinski definition) is 4. The number of pyridine rings is 1. The lowest BCUT2D eigenvalue weighted by Crippen LogP contribution is -2.03. The molecule has 0 amide bonds. The van der Waals surface area contributed by atoms with E-state index in [1.165, 1.54) is 0 Å². The number of nitrogens with one attached hydrogen (secondary N) is 1. The molecule has 1 aromatic carbocycles. The second kappa shape index (κ2) is 5.21. The monoisotopic (exact) mass is 229 g/mol. The van der Waals surface area contributed by atoms with Gasteiger partial charge in [-0.25, -0.2) is 4.98 Å². The van der Waals surface area contributed by atoms with Crippen LogP contribution in [-0.4, -0.2) is 12.1 Å². The first-order chi connectivity index (χ1) is 8.29. The fraction of sp³-hybridized carbons (Fsp3) is 0.154. The van der Waals surface area contributed by atoms with Gasteiger partial charge >= 0.3 is 0 Å². The van der Waals surface area contributed by atoms with Crippen LogP contribution in [0.25, 0.3) is 0 Å². The number of benzene rings is 1. The Bertz CT molecular complexity index is 500. The summed E-state index contributed by atoms with van der Waals surface area (Å²) in [7, 11) is 1.66. The quantitative estimate of drug-likeness (QED) is 0.844. The van der Waals surface area contributed by atoms with Crippen LogP contribution in [-0.2, 0) is 6.54 Å².